The van der Waals surface area contributed by atoms with Gasteiger partial charge in [0.2, 0.25) is 17.7 Å². The summed E-state index contributed by atoms with van der Waals surface area (Å²) >= 11 is 0. The first-order chi connectivity index (χ1) is 22.2. The van der Waals surface area contributed by atoms with Crippen molar-refractivity contribution in [2.45, 2.75) is 115 Å². The van der Waals surface area contributed by atoms with Crippen molar-refractivity contribution in [3.63, 3.8) is 0 Å². The maximum absolute atomic E-state index is 14.4. The van der Waals surface area contributed by atoms with E-state index < -0.39 is 64.8 Å². The van der Waals surface area contributed by atoms with Crippen LogP contribution in [0.5, 0.6) is 0 Å². The lowest BCUT2D eigenvalue weighted by molar-refractivity contribution is -0.147. The van der Waals surface area contributed by atoms with Crippen LogP contribution in [0.15, 0.2) is 30.9 Å². The van der Waals surface area contributed by atoms with Crippen molar-refractivity contribution in [3.8, 4) is 0 Å². The van der Waals surface area contributed by atoms with Gasteiger partial charge in [0, 0.05) is 42.3 Å². The van der Waals surface area contributed by atoms with Crippen LogP contribution >= 0.6 is 0 Å². The number of carbonyl (C=O) groups is 5. The van der Waals surface area contributed by atoms with Crippen molar-refractivity contribution in [2.75, 3.05) is 6.54 Å². The molecule has 1 unspecified atom stereocenters. The Morgan fingerprint density at radius 2 is 1.87 bits per heavy atom. The topological polar surface area (TPSA) is 145 Å². The lowest BCUT2D eigenvalue weighted by Crippen LogP contribution is -2.54. The Balaban J connectivity index is 1.36. The minimum atomic E-state index is -1.51. The Kier molecular flexibility index (Phi) is 9.98. The molecule has 1 saturated heterocycles. The standard InChI is InChI=1S/C35H47FN4O7/c1-5-24-17-35(24,32(44)45)38-30(42)28-16-25(47-33(46)39-18-22-12-9-13-27(36)26(22)20-39)19-40(28)31(43)23(14-21-10-7-6-8-11-21)15-29(41)37-34(2,3)4/h5,9,12-13,21,23-25,28H,1,6-8,10-11,14-20H2,2-4H3,(H,37,41)(H,38,42)(H,44,45)/t23-,24?,25-,28+,35-/m1/s1. The molecule has 47 heavy (non-hydrogen) atoms. The molecule has 3 N–H and O–H groups in total. The first-order valence-corrected chi connectivity index (χ1v) is 16.7. The fourth-order valence-electron chi connectivity index (χ4n) is 7.45. The number of likely N-dealkylation sites (tertiary alicyclic amines) is 1. The van der Waals surface area contributed by atoms with Crippen molar-refractivity contribution < 1.29 is 38.2 Å². The fourth-order valence-corrected chi connectivity index (χ4v) is 7.45. The van der Waals surface area contributed by atoms with Gasteiger partial charge < -0.3 is 25.4 Å². The van der Waals surface area contributed by atoms with Gasteiger partial charge in [0.25, 0.3) is 0 Å². The van der Waals surface area contributed by atoms with Gasteiger partial charge in [-0.3, -0.25) is 19.3 Å². The molecule has 4 amide bonds. The number of benzene rings is 1. The van der Waals surface area contributed by atoms with E-state index in [9.17, 15) is 33.5 Å². The molecule has 0 bridgehead atoms. The zero-order chi connectivity index (χ0) is 34.1. The molecule has 2 aliphatic heterocycles. The fraction of sp³-hybridized carbons (Fsp3) is 0.629. The van der Waals surface area contributed by atoms with Crippen LogP contribution in [0.3, 0.4) is 0 Å². The number of nitrogens with one attached hydrogen (secondary N) is 2. The second-order valence-electron chi connectivity index (χ2n) is 14.7. The van der Waals surface area contributed by atoms with Gasteiger partial charge in [-0.2, -0.15) is 0 Å². The quantitative estimate of drug-likeness (QED) is 0.319. The number of rotatable bonds is 10. The van der Waals surface area contributed by atoms with E-state index in [2.05, 4.69) is 17.2 Å². The second-order valence-corrected chi connectivity index (χ2v) is 14.7. The van der Waals surface area contributed by atoms with Gasteiger partial charge in [0.05, 0.1) is 13.1 Å². The first kappa shape index (κ1) is 34.4. The maximum Gasteiger partial charge on any atom is 0.410 e. The lowest BCUT2D eigenvalue weighted by Gasteiger charge is -2.32. The highest BCUT2D eigenvalue weighted by Crippen LogP contribution is 2.45. The zero-order valence-corrected chi connectivity index (χ0v) is 27.6. The summed E-state index contributed by atoms with van der Waals surface area (Å²) in [5.41, 5.74) is -0.909. The molecular formula is C35H47FN4O7. The number of hydrogen-bond donors (Lipinski definition) is 3. The van der Waals surface area contributed by atoms with Crippen molar-refractivity contribution in [1.82, 2.24) is 20.4 Å². The van der Waals surface area contributed by atoms with Crippen LogP contribution in [0.4, 0.5) is 9.18 Å². The number of hydrogen-bond acceptors (Lipinski definition) is 6. The molecule has 2 heterocycles. The molecule has 0 aromatic heterocycles. The molecule has 0 spiro atoms. The van der Waals surface area contributed by atoms with E-state index in [-0.39, 0.29) is 50.7 Å². The van der Waals surface area contributed by atoms with E-state index in [0.29, 0.717) is 17.5 Å². The number of fused-ring (bicyclic) bond motifs is 1. The van der Waals surface area contributed by atoms with Gasteiger partial charge in [-0.15, -0.1) is 6.58 Å². The van der Waals surface area contributed by atoms with E-state index in [0.717, 1.165) is 32.1 Å². The van der Waals surface area contributed by atoms with Crippen molar-refractivity contribution >= 4 is 29.8 Å². The third-order valence-corrected chi connectivity index (χ3v) is 9.97. The average Bonchev–Trinajstić information content (AvgIpc) is 3.31. The number of aliphatic carboxylic acids is 1. The number of halogens is 1. The van der Waals surface area contributed by atoms with Crippen LogP contribution in [0.1, 0.15) is 89.7 Å². The molecule has 3 fully saturated rings. The summed E-state index contributed by atoms with van der Waals surface area (Å²) in [5.74, 6) is -3.83. The summed E-state index contributed by atoms with van der Waals surface area (Å²) < 4.78 is 20.2. The maximum atomic E-state index is 14.4. The number of amides is 4. The molecule has 1 aromatic rings. The molecule has 4 aliphatic rings. The summed E-state index contributed by atoms with van der Waals surface area (Å²) in [5, 5.41) is 15.5. The Labute approximate surface area is 275 Å². The molecule has 5 atom stereocenters. The van der Waals surface area contributed by atoms with Gasteiger partial charge in [-0.05, 0) is 51.2 Å². The van der Waals surface area contributed by atoms with Crippen molar-refractivity contribution in [1.29, 1.82) is 0 Å². The summed E-state index contributed by atoms with van der Waals surface area (Å²) in [4.78, 5) is 69.5. The molecule has 5 rings (SSSR count). The number of carboxylic acids is 1. The molecule has 12 heteroatoms. The predicted molar refractivity (Wildman–Crippen MR) is 170 cm³/mol. The Bertz CT molecular complexity index is 1420. The van der Waals surface area contributed by atoms with Gasteiger partial charge in [0.15, 0.2) is 0 Å². The minimum absolute atomic E-state index is 0.0382. The van der Waals surface area contributed by atoms with Crippen LogP contribution in [0.25, 0.3) is 0 Å². The van der Waals surface area contributed by atoms with Gasteiger partial charge in [-0.1, -0.05) is 50.3 Å². The van der Waals surface area contributed by atoms with Gasteiger partial charge >= 0.3 is 12.1 Å². The highest BCUT2D eigenvalue weighted by molar-refractivity contribution is 5.95. The molecule has 1 aromatic carbocycles. The monoisotopic (exact) mass is 654 g/mol. The van der Waals surface area contributed by atoms with E-state index in [4.69, 9.17) is 4.74 Å². The zero-order valence-electron chi connectivity index (χ0n) is 27.6. The summed E-state index contributed by atoms with van der Waals surface area (Å²) in [7, 11) is 0. The van der Waals surface area contributed by atoms with Crippen LogP contribution in [-0.4, -0.2) is 74.5 Å². The van der Waals surface area contributed by atoms with Crippen LogP contribution in [0.2, 0.25) is 0 Å². The van der Waals surface area contributed by atoms with Crippen LogP contribution < -0.4 is 10.6 Å². The molecule has 2 saturated carbocycles. The number of ether oxygens (including phenoxy) is 1. The number of carboxylic acid groups (broad SMARTS) is 1. The van der Waals surface area contributed by atoms with E-state index in [1.165, 1.54) is 21.9 Å². The van der Waals surface area contributed by atoms with Crippen molar-refractivity contribution in [2.24, 2.45) is 17.8 Å². The normalized spacial score (nSPS) is 26.3. The lowest BCUT2D eigenvalue weighted by atomic mass is 9.81. The molecule has 256 valence electrons. The van der Waals surface area contributed by atoms with E-state index in [1.807, 2.05) is 20.8 Å². The number of carbonyl (C=O) groups excluding carboxylic acids is 4. The second kappa shape index (κ2) is 13.6. The minimum Gasteiger partial charge on any atom is -0.479 e. The third-order valence-electron chi connectivity index (χ3n) is 9.97. The van der Waals surface area contributed by atoms with Crippen LogP contribution in [0, 0.1) is 23.6 Å². The van der Waals surface area contributed by atoms with E-state index >= 15 is 0 Å². The van der Waals surface area contributed by atoms with Crippen molar-refractivity contribution in [3.05, 3.63) is 47.8 Å². The van der Waals surface area contributed by atoms with Gasteiger partial charge in [-0.25, -0.2) is 14.0 Å². The largest absolute Gasteiger partial charge is 0.479 e. The molecule has 2 aliphatic carbocycles. The highest BCUT2D eigenvalue weighted by Gasteiger charge is 2.61. The molecule has 11 nitrogen and oxygen atoms in total. The average molecular weight is 655 g/mol. The number of nitrogens with zero attached hydrogens (tertiary/aromatic N) is 2. The van der Waals surface area contributed by atoms with Crippen LogP contribution in [-0.2, 0) is 37.0 Å². The van der Waals surface area contributed by atoms with Gasteiger partial charge in [0.1, 0.15) is 23.5 Å². The predicted octanol–water partition coefficient (Wildman–Crippen LogP) is 4.28. The Hall–Kier alpha value is -3.96. The molecule has 0 radical (unpaired) electrons. The summed E-state index contributed by atoms with van der Waals surface area (Å²) in [6, 6.07) is 3.55. The Morgan fingerprint density at radius 3 is 2.49 bits per heavy atom. The third kappa shape index (κ3) is 7.79. The molecular weight excluding hydrogens is 607 g/mol. The summed E-state index contributed by atoms with van der Waals surface area (Å²) in [6.07, 6.45) is 5.64. The smallest absolute Gasteiger partial charge is 0.410 e. The highest BCUT2D eigenvalue weighted by atomic mass is 19.1. The summed E-state index contributed by atoms with van der Waals surface area (Å²) in [6.45, 7) is 9.39. The first-order valence-electron chi connectivity index (χ1n) is 16.7. The van der Waals surface area contributed by atoms with E-state index in [1.54, 1.807) is 12.1 Å². The SMILES string of the molecule is C=CC1C[C@]1(NC(=O)[C@@H]1C[C@@H](OC(=O)N2Cc3cccc(F)c3C2)CN1C(=O)[C@@H](CC(=O)NC(C)(C)C)CC1CCCCC1)C(=O)O. The Morgan fingerprint density at radius 1 is 1.15 bits per heavy atom.